The molecule has 0 bridgehead atoms. The summed E-state index contributed by atoms with van der Waals surface area (Å²) in [6, 6.07) is 4.88. The van der Waals surface area contributed by atoms with E-state index < -0.39 is 18.3 Å². The third kappa shape index (κ3) is 2.81. The molecule has 0 radical (unpaired) electrons. The number of nitrogen functional groups attached to an aromatic ring is 1. The van der Waals surface area contributed by atoms with Crippen LogP contribution < -0.4 is 11.1 Å². The maximum Gasteiger partial charge on any atom is 0.248 e. The number of alkyl halides is 2. The van der Waals surface area contributed by atoms with Crippen LogP contribution in [0.2, 0.25) is 0 Å². The zero-order valence-electron chi connectivity index (χ0n) is 11.2. The first kappa shape index (κ1) is 13.8. The summed E-state index contributed by atoms with van der Waals surface area (Å²) in [5.74, 6) is -3.57. The minimum absolute atomic E-state index is 0.139. The summed E-state index contributed by atoms with van der Waals surface area (Å²) in [5, 5.41) is 6.86. The number of fused-ring (bicyclic) bond motifs is 1. The number of hydrogen-bond acceptors (Lipinski definition) is 4. The first-order chi connectivity index (χ1) is 9.94. The molecule has 0 unspecified atom stereocenters. The van der Waals surface area contributed by atoms with Crippen LogP contribution in [0.3, 0.4) is 0 Å². The molecule has 1 atom stereocenters. The van der Waals surface area contributed by atoms with Gasteiger partial charge in [0.2, 0.25) is 11.8 Å². The van der Waals surface area contributed by atoms with E-state index in [1.165, 1.54) is 0 Å². The fraction of sp³-hybridized carbons (Fsp3) is 0.429. The number of halogens is 2. The van der Waals surface area contributed by atoms with Crippen LogP contribution in [0.4, 0.5) is 20.3 Å². The van der Waals surface area contributed by atoms with E-state index in [0.29, 0.717) is 29.5 Å². The van der Waals surface area contributed by atoms with Crippen LogP contribution in [0, 0.1) is 5.92 Å². The molecule has 1 saturated carbocycles. The Labute approximate surface area is 119 Å². The molecule has 0 spiro atoms. The number of carbonyl (C=O) groups excluding carboxylic acids is 1. The first-order valence-corrected chi connectivity index (χ1v) is 6.78. The highest BCUT2D eigenvalue weighted by molar-refractivity contribution is 5.96. The molecule has 1 aromatic heterocycles. The lowest BCUT2D eigenvalue weighted by atomic mass is 9.86. The van der Waals surface area contributed by atoms with Crippen LogP contribution >= 0.6 is 0 Å². The number of aromatic nitrogens is 1. The Kier molecular flexibility index (Phi) is 3.27. The summed E-state index contributed by atoms with van der Waals surface area (Å²) in [5.41, 5.74) is 6.64. The minimum Gasteiger partial charge on any atom is -0.380 e. The molecule has 1 aliphatic carbocycles. The number of nitrogens with two attached hydrogens (primary N) is 1. The zero-order valence-corrected chi connectivity index (χ0v) is 11.2. The van der Waals surface area contributed by atoms with Crippen LogP contribution in [0.15, 0.2) is 22.7 Å². The van der Waals surface area contributed by atoms with Gasteiger partial charge in [-0.25, -0.2) is 8.78 Å². The van der Waals surface area contributed by atoms with E-state index in [-0.39, 0.29) is 18.1 Å². The molecule has 1 aromatic carbocycles. The molecular formula is C14H15F2N3O2. The van der Waals surface area contributed by atoms with Crippen LogP contribution in [0.1, 0.15) is 25.7 Å². The van der Waals surface area contributed by atoms with Crippen molar-refractivity contribution in [2.24, 2.45) is 5.92 Å². The summed E-state index contributed by atoms with van der Waals surface area (Å²) < 4.78 is 31.7. The Balaban J connectivity index is 1.75. The number of nitrogens with one attached hydrogen (secondary N) is 1. The van der Waals surface area contributed by atoms with Gasteiger partial charge in [-0.15, -0.1) is 0 Å². The predicted octanol–water partition coefficient (Wildman–Crippen LogP) is 3.17. The lowest BCUT2D eigenvalue weighted by molar-refractivity contribution is -0.127. The number of carbonyl (C=O) groups is 1. The summed E-state index contributed by atoms with van der Waals surface area (Å²) in [6.45, 7) is 0. The van der Waals surface area contributed by atoms with E-state index in [4.69, 9.17) is 10.3 Å². The number of anilines is 2. The molecule has 3 rings (SSSR count). The third-order valence-electron chi connectivity index (χ3n) is 3.78. The van der Waals surface area contributed by atoms with Gasteiger partial charge in [0.25, 0.3) is 0 Å². The van der Waals surface area contributed by atoms with Gasteiger partial charge < -0.3 is 15.6 Å². The fourth-order valence-corrected chi connectivity index (χ4v) is 2.67. The molecule has 2 aromatic rings. The second-order valence-corrected chi connectivity index (χ2v) is 5.42. The van der Waals surface area contributed by atoms with Crippen LogP contribution in [0.25, 0.3) is 11.0 Å². The molecule has 21 heavy (non-hydrogen) atoms. The Hall–Kier alpha value is -2.18. The van der Waals surface area contributed by atoms with Gasteiger partial charge in [-0.3, -0.25) is 4.79 Å². The number of nitrogens with zero attached hydrogens (tertiary/aromatic N) is 1. The molecule has 1 amide bonds. The maximum absolute atomic E-state index is 13.4. The standard InChI is InChI=1S/C14H15F2N3O2/c15-14(16)5-1-2-8(7-14)13(20)18-9-3-4-11-10(6-9)12(17)19-21-11/h3-4,6,8H,1-2,5,7H2,(H2,17,19)(H,18,20)/t8-/m0/s1. The lowest BCUT2D eigenvalue weighted by Gasteiger charge is -2.27. The van der Waals surface area contributed by atoms with E-state index >= 15 is 0 Å². The molecular weight excluding hydrogens is 280 g/mol. The van der Waals surface area contributed by atoms with Crippen LogP contribution in [0.5, 0.6) is 0 Å². The van der Waals surface area contributed by atoms with Gasteiger partial charge >= 0.3 is 0 Å². The highest BCUT2D eigenvalue weighted by Crippen LogP contribution is 2.37. The van der Waals surface area contributed by atoms with E-state index in [9.17, 15) is 13.6 Å². The van der Waals surface area contributed by atoms with Gasteiger partial charge in [0.1, 0.15) is 0 Å². The van der Waals surface area contributed by atoms with Gasteiger partial charge in [0, 0.05) is 24.4 Å². The molecule has 112 valence electrons. The third-order valence-corrected chi connectivity index (χ3v) is 3.78. The summed E-state index contributed by atoms with van der Waals surface area (Å²) in [4.78, 5) is 12.1. The summed E-state index contributed by atoms with van der Waals surface area (Å²) in [6.07, 6.45) is 0.318. The van der Waals surface area contributed by atoms with E-state index in [1.807, 2.05) is 0 Å². The second kappa shape index (κ2) is 4.98. The van der Waals surface area contributed by atoms with E-state index in [2.05, 4.69) is 10.5 Å². The Bertz CT molecular complexity index is 684. The first-order valence-electron chi connectivity index (χ1n) is 6.78. The monoisotopic (exact) mass is 295 g/mol. The van der Waals surface area contributed by atoms with Crippen molar-refractivity contribution in [3.63, 3.8) is 0 Å². The molecule has 0 aliphatic heterocycles. The van der Waals surface area contributed by atoms with Crippen molar-refractivity contribution in [1.82, 2.24) is 5.16 Å². The average Bonchev–Trinajstić information content (AvgIpc) is 2.79. The Morgan fingerprint density at radius 1 is 1.48 bits per heavy atom. The summed E-state index contributed by atoms with van der Waals surface area (Å²) >= 11 is 0. The normalized spacial score (nSPS) is 21.3. The van der Waals surface area contributed by atoms with Gasteiger partial charge in [0.05, 0.1) is 5.39 Å². The molecule has 7 heteroatoms. The predicted molar refractivity (Wildman–Crippen MR) is 74.0 cm³/mol. The van der Waals surface area contributed by atoms with E-state index in [1.54, 1.807) is 18.2 Å². The van der Waals surface area contributed by atoms with Crippen molar-refractivity contribution in [3.05, 3.63) is 18.2 Å². The molecule has 1 heterocycles. The van der Waals surface area contributed by atoms with Crippen molar-refractivity contribution < 1.29 is 18.1 Å². The van der Waals surface area contributed by atoms with Crippen molar-refractivity contribution in [2.75, 3.05) is 11.1 Å². The highest BCUT2D eigenvalue weighted by atomic mass is 19.3. The molecule has 1 fully saturated rings. The molecule has 5 nitrogen and oxygen atoms in total. The number of amides is 1. The second-order valence-electron chi connectivity index (χ2n) is 5.42. The SMILES string of the molecule is Nc1noc2ccc(NC(=O)[C@H]3CCCC(F)(F)C3)cc12. The zero-order chi connectivity index (χ0) is 15.0. The van der Waals surface area contributed by atoms with Crippen molar-refractivity contribution in [3.8, 4) is 0 Å². The smallest absolute Gasteiger partial charge is 0.248 e. The van der Waals surface area contributed by atoms with Crippen molar-refractivity contribution in [1.29, 1.82) is 0 Å². The number of hydrogen-bond donors (Lipinski definition) is 2. The van der Waals surface area contributed by atoms with Crippen LogP contribution in [-0.2, 0) is 4.79 Å². The average molecular weight is 295 g/mol. The number of rotatable bonds is 2. The molecule has 1 aliphatic rings. The van der Waals surface area contributed by atoms with Gasteiger partial charge in [-0.1, -0.05) is 5.16 Å². The van der Waals surface area contributed by atoms with Crippen LogP contribution in [-0.4, -0.2) is 17.0 Å². The van der Waals surface area contributed by atoms with Crippen molar-refractivity contribution in [2.45, 2.75) is 31.6 Å². The minimum atomic E-state index is -2.75. The van der Waals surface area contributed by atoms with Gasteiger partial charge in [-0.2, -0.15) is 0 Å². The molecule has 3 N–H and O–H groups in total. The number of benzene rings is 1. The molecule has 0 saturated heterocycles. The lowest BCUT2D eigenvalue weighted by Crippen LogP contribution is -2.33. The largest absolute Gasteiger partial charge is 0.380 e. The quantitative estimate of drug-likeness (QED) is 0.891. The summed E-state index contributed by atoms with van der Waals surface area (Å²) in [7, 11) is 0. The Morgan fingerprint density at radius 3 is 3.05 bits per heavy atom. The Morgan fingerprint density at radius 2 is 2.29 bits per heavy atom. The fourth-order valence-electron chi connectivity index (χ4n) is 2.67. The van der Waals surface area contributed by atoms with Gasteiger partial charge in [0.15, 0.2) is 11.4 Å². The highest BCUT2D eigenvalue weighted by Gasteiger charge is 2.39. The van der Waals surface area contributed by atoms with Gasteiger partial charge in [-0.05, 0) is 31.0 Å². The maximum atomic E-state index is 13.4. The topological polar surface area (TPSA) is 81.2 Å². The van der Waals surface area contributed by atoms with E-state index in [0.717, 1.165) is 0 Å². The van der Waals surface area contributed by atoms with Crippen molar-refractivity contribution >= 4 is 28.4 Å².